The fraction of sp³-hybridized carbons (Fsp3) is 0.800. The molecular formula is C10H18O2. The Bertz CT molecular complexity index is 163. The van der Waals surface area contributed by atoms with E-state index in [-0.39, 0.29) is 0 Å². The number of aliphatic hydroxyl groups is 2. The summed E-state index contributed by atoms with van der Waals surface area (Å²) in [5, 5.41) is 19.6. The van der Waals surface area contributed by atoms with Gasteiger partial charge in [-0.15, -0.1) is 6.58 Å². The van der Waals surface area contributed by atoms with Crippen molar-refractivity contribution in [1.29, 1.82) is 0 Å². The molecule has 12 heavy (non-hydrogen) atoms. The molecule has 2 heteroatoms. The van der Waals surface area contributed by atoms with Crippen LogP contribution in [0, 0.1) is 0 Å². The molecule has 0 aromatic carbocycles. The Hall–Kier alpha value is -0.340. The van der Waals surface area contributed by atoms with E-state index in [1.807, 2.05) is 6.92 Å². The lowest BCUT2D eigenvalue weighted by molar-refractivity contribution is -0.0701. The van der Waals surface area contributed by atoms with Crippen molar-refractivity contribution < 1.29 is 10.2 Å². The van der Waals surface area contributed by atoms with E-state index < -0.39 is 11.2 Å². The van der Waals surface area contributed by atoms with Crippen LogP contribution in [0.25, 0.3) is 0 Å². The zero-order valence-corrected chi connectivity index (χ0v) is 7.71. The molecule has 0 spiro atoms. The lowest BCUT2D eigenvalue weighted by Gasteiger charge is -2.38. The van der Waals surface area contributed by atoms with E-state index >= 15 is 0 Å². The van der Waals surface area contributed by atoms with Gasteiger partial charge in [0.15, 0.2) is 0 Å². The molecule has 0 unspecified atom stereocenters. The molecule has 1 fully saturated rings. The van der Waals surface area contributed by atoms with Crippen LogP contribution in [-0.2, 0) is 0 Å². The van der Waals surface area contributed by atoms with Gasteiger partial charge in [-0.1, -0.05) is 6.08 Å². The van der Waals surface area contributed by atoms with Gasteiger partial charge in [0, 0.05) is 0 Å². The second kappa shape index (κ2) is 3.19. The molecule has 0 aromatic heterocycles. The number of hydrogen-bond acceptors (Lipinski definition) is 2. The molecule has 0 aromatic rings. The van der Waals surface area contributed by atoms with E-state index in [1.165, 1.54) is 0 Å². The summed E-state index contributed by atoms with van der Waals surface area (Å²) in [6, 6.07) is 0. The van der Waals surface area contributed by atoms with Crippen molar-refractivity contribution in [2.24, 2.45) is 0 Å². The molecule has 1 aliphatic carbocycles. The SMILES string of the molecule is C=CC[C@]1(O)CC[C@](C)(O)CC1. The van der Waals surface area contributed by atoms with Crippen LogP contribution in [0.5, 0.6) is 0 Å². The van der Waals surface area contributed by atoms with Gasteiger partial charge in [0.05, 0.1) is 11.2 Å². The summed E-state index contributed by atoms with van der Waals surface area (Å²) in [6.07, 6.45) is 5.15. The smallest absolute Gasteiger partial charge is 0.0684 e. The van der Waals surface area contributed by atoms with E-state index in [1.54, 1.807) is 6.08 Å². The quantitative estimate of drug-likeness (QED) is 0.618. The predicted octanol–water partition coefficient (Wildman–Crippen LogP) is 1.62. The first-order valence-electron chi connectivity index (χ1n) is 4.53. The van der Waals surface area contributed by atoms with Crippen LogP contribution in [0.4, 0.5) is 0 Å². The molecule has 0 atom stereocenters. The minimum absolute atomic E-state index is 0.562. The van der Waals surface area contributed by atoms with Gasteiger partial charge in [-0.3, -0.25) is 0 Å². The molecule has 0 heterocycles. The first-order chi connectivity index (χ1) is 5.47. The molecule has 2 nitrogen and oxygen atoms in total. The summed E-state index contributed by atoms with van der Waals surface area (Å²) in [7, 11) is 0. The Balaban J connectivity index is 2.49. The summed E-state index contributed by atoms with van der Waals surface area (Å²) in [5.41, 5.74) is -1.16. The standard InChI is InChI=1S/C10H18O2/c1-3-4-10(12)7-5-9(2,11)6-8-10/h3,11-12H,1,4-8H2,2H3/t9-,10-. The van der Waals surface area contributed by atoms with Crippen LogP contribution < -0.4 is 0 Å². The average molecular weight is 170 g/mol. The third-order valence-electron chi connectivity index (χ3n) is 2.78. The number of rotatable bonds is 2. The third kappa shape index (κ3) is 2.32. The van der Waals surface area contributed by atoms with Crippen molar-refractivity contribution in [3.05, 3.63) is 12.7 Å². The average Bonchev–Trinajstić information content (AvgIpc) is 1.98. The van der Waals surface area contributed by atoms with Gasteiger partial charge in [-0.25, -0.2) is 0 Å². The van der Waals surface area contributed by atoms with Gasteiger partial charge in [-0.2, -0.15) is 0 Å². The Morgan fingerprint density at radius 1 is 1.25 bits per heavy atom. The fourth-order valence-electron chi connectivity index (χ4n) is 1.73. The zero-order valence-electron chi connectivity index (χ0n) is 7.71. The summed E-state index contributed by atoms with van der Waals surface area (Å²) < 4.78 is 0. The summed E-state index contributed by atoms with van der Waals surface area (Å²) >= 11 is 0. The maximum Gasteiger partial charge on any atom is 0.0684 e. The molecule has 1 saturated carbocycles. The van der Waals surface area contributed by atoms with Gasteiger partial charge in [0.1, 0.15) is 0 Å². The molecule has 0 radical (unpaired) electrons. The van der Waals surface area contributed by atoms with Crippen LogP contribution in [-0.4, -0.2) is 21.4 Å². The Morgan fingerprint density at radius 3 is 2.17 bits per heavy atom. The summed E-state index contributed by atoms with van der Waals surface area (Å²) in [6.45, 7) is 5.45. The highest BCUT2D eigenvalue weighted by molar-refractivity contribution is 4.94. The minimum atomic E-state index is -0.593. The topological polar surface area (TPSA) is 40.5 Å². The molecule has 70 valence electrons. The molecular weight excluding hydrogens is 152 g/mol. The maximum atomic E-state index is 9.92. The monoisotopic (exact) mass is 170 g/mol. The van der Waals surface area contributed by atoms with Crippen LogP contribution in [0.1, 0.15) is 39.0 Å². The van der Waals surface area contributed by atoms with Crippen molar-refractivity contribution in [1.82, 2.24) is 0 Å². The Morgan fingerprint density at radius 2 is 1.75 bits per heavy atom. The molecule has 0 bridgehead atoms. The maximum absolute atomic E-state index is 9.92. The van der Waals surface area contributed by atoms with Crippen molar-refractivity contribution in [2.75, 3.05) is 0 Å². The predicted molar refractivity (Wildman–Crippen MR) is 48.9 cm³/mol. The number of hydrogen-bond donors (Lipinski definition) is 2. The normalized spacial score (nSPS) is 42.6. The van der Waals surface area contributed by atoms with Crippen molar-refractivity contribution in [3.8, 4) is 0 Å². The highest BCUT2D eigenvalue weighted by atomic mass is 16.3. The largest absolute Gasteiger partial charge is 0.390 e. The Labute approximate surface area is 73.9 Å². The van der Waals surface area contributed by atoms with Gasteiger partial charge < -0.3 is 10.2 Å². The zero-order chi connectivity index (χ0) is 9.24. The first-order valence-corrected chi connectivity index (χ1v) is 4.53. The van der Waals surface area contributed by atoms with Crippen LogP contribution in [0.3, 0.4) is 0 Å². The molecule has 1 aliphatic rings. The molecule has 0 aliphatic heterocycles. The van der Waals surface area contributed by atoms with Gasteiger partial charge in [-0.05, 0) is 39.0 Å². The van der Waals surface area contributed by atoms with Gasteiger partial charge >= 0.3 is 0 Å². The van der Waals surface area contributed by atoms with Crippen molar-refractivity contribution in [3.63, 3.8) is 0 Å². The van der Waals surface area contributed by atoms with Gasteiger partial charge in [0.2, 0.25) is 0 Å². The molecule has 2 N–H and O–H groups in total. The first kappa shape index (κ1) is 9.75. The van der Waals surface area contributed by atoms with Crippen LogP contribution >= 0.6 is 0 Å². The van der Waals surface area contributed by atoms with Crippen molar-refractivity contribution in [2.45, 2.75) is 50.2 Å². The second-order valence-corrected chi connectivity index (χ2v) is 4.21. The molecule has 0 amide bonds. The van der Waals surface area contributed by atoms with E-state index in [0.717, 1.165) is 0 Å². The van der Waals surface area contributed by atoms with E-state index in [4.69, 9.17) is 0 Å². The minimum Gasteiger partial charge on any atom is -0.390 e. The van der Waals surface area contributed by atoms with E-state index in [9.17, 15) is 10.2 Å². The lowest BCUT2D eigenvalue weighted by atomic mass is 9.75. The lowest BCUT2D eigenvalue weighted by Crippen LogP contribution is -2.40. The van der Waals surface area contributed by atoms with E-state index in [0.29, 0.717) is 32.1 Å². The Kier molecular flexibility index (Phi) is 2.59. The highest BCUT2D eigenvalue weighted by Gasteiger charge is 2.36. The van der Waals surface area contributed by atoms with Gasteiger partial charge in [0.25, 0.3) is 0 Å². The van der Waals surface area contributed by atoms with E-state index in [2.05, 4.69) is 6.58 Å². The van der Waals surface area contributed by atoms with Crippen molar-refractivity contribution >= 4 is 0 Å². The summed E-state index contributed by atoms with van der Waals surface area (Å²) in [4.78, 5) is 0. The molecule has 0 saturated heterocycles. The third-order valence-corrected chi connectivity index (χ3v) is 2.78. The second-order valence-electron chi connectivity index (χ2n) is 4.21. The molecule has 1 rings (SSSR count). The summed E-state index contributed by atoms with van der Waals surface area (Å²) in [5.74, 6) is 0. The van der Waals surface area contributed by atoms with Crippen LogP contribution in [0.15, 0.2) is 12.7 Å². The van der Waals surface area contributed by atoms with Crippen LogP contribution in [0.2, 0.25) is 0 Å². The fourth-order valence-corrected chi connectivity index (χ4v) is 1.73. The highest BCUT2D eigenvalue weighted by Crippen LogP contribution is 2.36.